The number of aryl methyl sites for hydroxylation is 1. The van der Waals surface area contributed by atoms with Gasteiger partial charge in [0.2, 0.25) is 5.88 Å². The molecule has 1 saturated heterocycles. The van der Waals surface area contributed by atoms with E-state index in [4.69, 9.17) is 19.3 Å². The number of aliphatic hydroxyl groups excluding tert-OH is 1. The number of hydrogen-bond acceptors (Lipinski definition) is 7. The van der Waals surface area contributed by atoms with Gasteiger partial charge in [0.25, 0.3) is 0 Å². The van der Waals surface area contributed by atoms with Crippen molar-refractivity contribution in [2.45, 2.75) is 19.6 Å². The van der Waals surface area contributed by atoms with Crippen LogP contribution in [0.4, 0.5) is 4.39 Å². The first-order chi connectivity index (χ1) is 17.5. The van der Waals surface area contributed by atoms with E-state index in [1.54, 1.807) is 23.9 Å². The molecule has 1 aliphatic rings. The molecule has 9 heteroatoms. The van der Waals surface area contributed by atoms with Crippen molar-refractivity contribution in [2.75, 3.05) is 59.7 Å². The normalized spacial score (nSPS) is 15.4. The maximum Gasteiger partial charge on any atom is 0.227 e. The summed E-state index contributed by atoms with van der Waals surface area (Å²) in [6.07, 6.45) is -0.522. The number of rotatable bonds is 12. The lowest BCUT2D eigenvalue weighted by molar-refractivity contribution is 0.00431. The van der Waals surface area contributed by atoms with Crippen LogP contribution in [0, 0.1) is 12.7 Å². The van der Waals surface area contributed by atoms with Gasteiger partial charge >= 0.3 is 0 Å². The number of ether oxygens (including phenoxy) is 3. The minimum Gasteiger partial charge on any atom is -0.439 e. The number of halogens is 1. The van der Waals surface area contributed by atoms with Gasteiger partial charge in [-0.15, -0.1) is 0 Å². The molecule has 8 nitrogen and oxygen atoms in total. The van der Waals surface area contributed by atoms with Gasteiger partial charge < -0.3 is 19.3 Å². The maximum absolute atomic E-state index is 13.5. The van der Waals surface area contributed by atoms with Crippen molar-refractivity contribution < 1.29 is 23.7 Å². The Morgan fingerprint density at radius 3 is 2.53 bits per heavy atom. The maximum atomic E-state index is 13.5. The van der Waals surface area contributed by atoms with Crippen molar-refractivity contribution in [3.8, 4) is 17.3 Å². The number of aliphatic hydroxyl groups is 1. The summed E-state index contributed by atoms with van der Waals surface area (Å²) in [7, 11) is 1.67. The van der Waals surface area contributed by atoms with Crippen molar-refractivity contribution in [1.29, 1.82) is 0 Å². The van der Waals surface area contributed by atoms with E-state index in [0.29, 0.717) is 57.6 Å². The van der Waals surface area contributed by atoms with Gasteiger partial charge in [0.05, 0.1) is 42.9 Å². The zero-order chi connectivity index (χ0) is 25.3. The number of hydrogen-bond donors (Lipinski definition) is 1. The molecule has 0 unspecified atom stereocenters. The van der Waals surface area contributed by atoms with Crippen molar-refractivity contribution in [3.05, 3.63) is 71.7 Å². The quantitative estimate of drug-likeness (QED) is 0.411. The van der Waals surface area contributed by atoms with Crippen LogP contribution >= 0.6 is 0 Å². The molecule has 2 heterocycles. The smallest absolute Gasteiger partial charge is 0.227 e. The standard InChI is InChI=1S/C27H35FN4O4/c1-21-26(20-31(12-15-34-2)19-24(33)18-30-13-16-35-17-14-30)27(36-25-10-8-22(28)9-11-25)32(29-21)23-6-4-3-5-7-23/h3-11,24,33H,12-20H2,1-2H3/t24-/m1/s1. The summed E-state index contributed by atoms with van der Waals surface area (Å²) < 4.78 is 32.3. The minimum absolute atomic E-state index is 0.324. The summed E-state index contributed by atoms with van der Waals surface area (Å²) in [5.74, 6) is 0.760. The molecule has 3 aromatic rings. The van der Waals surface area contributed by atoms with Gasteiger partial charge in [-0.05, 0) is 43.3 Å². The molecule has 0 spiro atoms. The summed E-state index contributed by atoms with van der Waals surface area (Å²) in [4.78, 5) is 4.38. The van der Waals surface area contributed by atoms with Gasteiger partial charge in [0.15, 0.2) is 0 Å². The molecular weight excluding hydrogens is 463 g/mol. The molecule has 0 radical (unpaired) electrons. The van der Waals surface area contributed by atoms with E-state index < -0.39 is 6.10 Å². The molecule has 36 heavy (non-hydrogen) atoms. The van der Waals surface area contributed by atoms with Gasteiger partial charge in [-0.3, -0.25) is 9.80 Å². The van der Waals surface area contributed by atoms with Gasteiger partial charge in [-0.2, -0.15) is 5.10 Å². The molecule has 1 aliphatic heterocycles. The Hall–Kier alpha value is -2.82. The van der Waals surface area contributed by atoms with Gasteiger partial charge in [0, 0.05) is 46.4 Å². The molecule has 0 bridgehead atoms. The van der Waals surface area contributed by atoms with Crippen LogP contribution in [0.3, 0.4) is 0 Å². The Labute approximate surface area is 211 Å². The predicted molar refractivity (Wildman–Crippen MR) is 135 cm³/mol. The predicted octanol–water partition coefficient (Wildman–Crippen LogP) is 3.25. The highest BCUT2D eigenvalue weighted by atomic mass is 19.1. The van der Waals surface area contributed by atoms with E-state index in [2.05, 4.69) is 9.80 Å². The Morgan fingerprint density at radius 1 is 1.11 bits per heavy atom. The summed E-state index contributed by atoms with van der Waals surface area (Å²) in [5, 5.41) is 15.7. The number of aromatic nitrogens is 2. The SMILES string of the molecule is COCCN(Cc1c(C)nn(-c2ccccc2)c1Oc1ccc(F)cc1)C[C@H](O)CN1CCOCC1. The van der Waals surface area contributed by atoms with E-state index in [0.717, 1.165) is 30.0 Å². The molecule has 4 rings (SSSR count). The van der Waals surface area contributed by atoms with Crippen LogP contribution < -0.4 is 4.74 Å². The average molecular weight is 499 g/mol. The highest BCUT2D eigenvalue weighted by Crippen LogP contribution is 2.31. The first kappa shape index (κ1) is 26.2. The third-order valence-electron chi connectivity index (χ3n) is 6.20. The molecule has 0 aliphatic carbocycles. The summed E-state index contributed by atoms with van der Waals surface area (Å²) in [6, 6.07) is 15.7. The molecule has 0 amide bonds. The Balaban J connectivity index is 1.59. The fraction of sp³-hybridized carbons (Fsp3) is 0.444. The molecule has 1 N–H and O–H groups in total. The first-order valence-corrected chi connectivity index (χ1v) is 12.3. The minimum atomic E-state index is -0.522. The lowest BCUT2D eigenvalue weighted by atomic mass is 10.2. The lowest BCUT2D eigenvalue weighted by Gasteiger charge is -2.31. The van der Waals surface area contributed by atoms with Crippen LogP contribution in [-0.4, -0.2) is 90.4 Å². The third kappa shape index (κ3) is 7.11. The zero-order valence-corrected chi connectivity index (χ0v) is 21.0. The van der Waals surface area contributed by atoms with E-state index in [9.17, 15) is 9.50 Å². The lowest BCUT2D eigenvalue weighted by Crippen LogP contribution is -2.45. The number of nitrogens with zero attached hydrogens (tertiary/aromatic N) is 4. The fourth-order valence-corrected chi connectivity index (χ4v) is 4.30. The molecule has 2 aromatic carbocycles. The molecule has 0 saturated carbocycles. The van der Waals surface area contributed by atoms with Crippen molar-refractivity contribution in [1.82, 2.24) is 19.6 Å². The van der Waals surface area contributed by atoms with Crippen LogP contribution in [-0.2, 0) is 16.0 Å². The molecule has 1 fully saturated rings. The summed E-state index contributed by atoms with van der Waals surface area (Å²) in [6.45, 7) is 7.75. The number of β-amino-alcohol motifs (C(OH)–C–C–N with tert-alkyl or cyclic N) is 1. The summed E-state index contributed by atoms with van der Waals surface area (Å²) in [5.41, 5.74) is 2.58. The number of morpholine rings is 1. The van der Waals surface area contributed by atoms with Crippen LogP contribution in [0.1, 0.15) is 11.3 Å². The molecular formula is C27H35FN4O4. The van der Waals surface area contributed by atoms with Crippen LogP contribution in [0.25, 0.3) is 5.69 Å². The van der Waals surface area contributed by atoms with Gasteiger partial charge in [-0.1, -0.05) is 18.2 Å². The molecule has 1 aromatic heterocycles. The average Bonchev–Trinajstić information content (AvgIpc) is 3.19. The fourth-order valence-electron chi connectivity index (χ4n) is 4.30. The van der Waals surface area contributed by atoms with Gasteiger partial charge in [-0.25, -0.2) is 9.07 Å². The Morgan fingerprint density at radius 2 is 1.83 bits per heavy atom. The van der Waals surface area contributed by atoms with Crippen LogP contribution in [0.15, 0.2) is 54.6 Å². The molecule has 194 valence electrons. The second-order valence-electron chi connectivity index (χ2n) is 8.97. The topological polar surface area (TPSA) is 72.2 Å². The Kier molecular flexibility index (Phi) is 9.43. The number of para-hydroxylation sites is 1. The van der Waals surface area contributed by atoms with E-state index >= 15 is 0 Å². The van der Waals surface area contributed by atoms with Crippen molar-refractivity contribution in [3.63, 3.8) is 0 Å². The zero-order valence-electron chi connectivity index (χ0n) is 21.0. The highest BCUT2D eigenvalue weighted by molar-refractivity contribution is 5.43. The highest BCUT2D eigenvalue weighted by Gasteiger charge is 2.23. The van der Waals surface area contributed by atoms with Crippen molar-refractivity contribution in [2.24, 2.45) is 0 Å². The largest absolute Gasteiger partial charge is 0.439 e. The third-order valence-corrected chi connectivity index (χ3v) is 6.20. The van der Waals surface area contributed by atoms with E-state index in [-0.39, 0.29) is 5.82 Å². The Bertz CT molecular complexity index is 1070. The van der Waals surface area contributed by atoms with Crippen LogP contribution in [0.5, 0.6) is 11.6 Å². The van der Waals surface area contributed by atoms with E-state index in [1.807, 2.05) is 37.3 Å². The second kappa shape index (κ2) is 12.9. The van der Waals surface area contributed by atoms with Crippen molar-refractivity contribution >= 4 is 0 Å². The number of benzene rings is 2. The monoisotopic (exact) mass is 498 g/mol. The number of methoxy groups -OCH3 is 1. The van der Waals surface area contributed by atoms with E-state index in [1.165, 1.54) is 12.1 Å². The second-order valence-corrected chi connectivity index (χ2v) is 8.97. The van der Waals surface area contributed by atoms with Gasteiger partial charge in [0.1, 0.15) is 11.6 Å². The molecule has 1 atom stereocenters. The van der Waals surface area contributed by atoms with Crippen LogP contribution in [0.2, 0.25) is 0 Å². The summed E-state index contributed by atoms with van der Waals surface area (Å²) >= 11 is 0. The first-order valence-electron chi connectivity index (χ1n) is 12.3.